The summed E-state index contributed by atoms with van der Waals surface area (Å²) in [5, 5.41) is 17.7. The third-order valence-corrected chi connectivity index (χ3v) is 3.48. The molecule has 0 heterocycles. The minimum atomic E-state index is -1.06. The summed E-state index contributed by atoms with van der Waals surface area (Å²) in [6, 6.07) is 0. The second-order valence-corrected chi connectivity index (χ2v) is 5.02. The molecule has 0 radical (unpaired) electrons. The Morgan fingerprint density at radius 1 is 1.50 bits per heavy atom. The zero-order valence-electron chi connectivity index (χ0n) is 10.7. The molecule has 4 nitrogen and oxygen atoms in total. The van der Waals surface area contributed by atoms with Gasteiger partial charge in [-0.1, -0.05) is 23.8 Å². The molecule has 2 N–H and O–H groups in total. The van der Waals surface area contributed by atoms with Crippen LogP contribution in [0.2, 0.25) is 0 Å². The van der Waals surface area contributed by atoms with E-state index in [9.17, 15) is 9.59 Å². The summed E-state index contributed by atoms with van der Waals surface area (Å²) in [6.45, 7) is 5.94. The highest BCUT2D eigenvalue weighted by molar-refractivity contribution is 5.77. The van der Waals surface area contributed by atoms with Gasteiger partial charge in [-0.15, -0.1) is 0 Å². The van der Waals surface area contributed by atoms with Crippen molar-refractivity contribution >= 4 is 11.9 Å². The number of carbonyl (C=O) groups is 2. The standard InChI is InChI=1S/C14H20O4/c1-9(2)11-5-3-10(4-6-11)7-12(14(17)18)8-13(15)16/h3,11-12H,1,4-8H2,2H3,(H,15,16)(H,17,18)/t11-,12-/m1/s1. The third-order valence-electron chi connectivity index (χ3n) is 3.48. The van der Waals surface area contributed by atoms with Crippen LogP contribution < -0.4 is 0 Å². The van der Waals surface area contributed by atoms with Gasteiger partial charge in [-0.05, 0) is 38.5 Å². The van der Waals surface area contributed by atoms with Crippen LogP contribution in [0.3, 0.4) is 0 Å². The van der Waals surface area contributed by atoms with E-state index in [2.05, 4.69) is 12.7 Å². The van der Waals surface area contributed by atoms with Crippen molar-refractivity contribution in [1.82, 2.24) is 0 Å². The van der Waals surface area contributed by atoms with Gasteiger partial charge in [0, 0.05) is 0 Å². The molecule has 0 aromatic carbocycles. The molecule has 0 saturated heterocycles. The van der Waals surface area contributed by atoms with Crippen LogP contribution in [0.15, 0.2) is 23.8 Å². The first-order valence-electron chi connectivity index (χ1n) is 6.18. The van der Waals surface area contributed by atoms with Crippen molar-refractivity contribution < 1.29 is 19.8 Å². The Labute approximate surface area is 107 Å². The fraction of sp³-hybridized carbons (Fsp3) is 0.571. The van der Waals surface area contributed by atoms with Crippen LogP contribution in [0, 0.1) is 11.8 Å². The van der Waals surface area contributed by atoms with Crippen LogP contribution in [0.1, 0.15) is 39.0 Å². The van der Waals surface area contributed by atoms with E-state index in [1.165, 1.54) is 0 Å². The lowest BCUT2D eigenvalue weighted by molar-refractivity contribution is -0.148. The molecule has 0 aliphatic heterocycles. The molecule has 100 valence electrons. The Kier molecular flexibility index (Phi) is 5.13. The van der Waals surface area contributed by atoms with Crippen LogP contribution >= 0.6 is 0 Å². The summed E-state index contributed by atoms with van der Waals surface area (Å²) < 4.78 is 0. The highest BCUT2D eigenvalue weighted by atomic mass is 16.4. The number of aliphatic carboxylic acids is 2. The van der Waals surface area contributed by atoms with Crippen molar-refractivity contribution in [1.29, 1.82) is 0 Å². The first kappa shape index (κ1) is 14.5. The summed E-state index contributed by atoms with van der Waals surface area (Å²) in [7, 11) is 0. The molecular weight excluding hydrogens is 232 g/mol. The Morgan fingerprint density at radius 2 is 2.17 bits per heavy atom. The summed E-state index contributed by atoms with van der Waals surface area (Å²) in [6.07, 6.45) is 4.83. The topological polar surface area (TPSA) is 74.6 Å². The van der Waals surface area contributed by atoms with Crippen LogP contribution in [0.4, 0.5) is 0 Å². The first-order chi connectivity index (χ1) is 8.40. The van der Waals surface area contributed by atoms with Crippen molar-refractivity contribution in [3.8, 4) is 0 Å². The van der Waals surface area contributed by atoms with Gasteiger partial charge in [-0.3, -0.25) is 9.59 Å². The first-order valence-corrected chi connectivity index (χ1v) is 6.18. The molecule has 1 rings (SSSR count). The maximum atomic E-state index is 11.0. The van der Waals surface area contributed by atoms with Gasteiger partial charge in [0.25, 0.3) is 0 Å². The third kappa shape index (κ3) is 4.35. The van der Waals surface area contributed by atoms with E-state index in [0.717, 1.165) is 30.4 Å². The maximum absolute atomic E-state index is 11.0. The van der Waals surface area contributed by atoms with E-state index in [0.29, 0.717) is 12.3 Å². The molecule has 1 aliphatic rings. The average Bonchev–Trinajstić information content (AvgIpc) is 2.28. The van der Waals surface area contributed by atoms with E-state index in [1.54, 1.807) is 0 Å². The normalized spacial score (nSPS) is 20.9. The van der Waals surface area contributed by atoms with Crippen LogP contribution in [0.25, 0.3) is 0 Å². The highest BCUT2D eigenvalue weighted by Crippen LogP contribution is 2.31. The Balaban J connectivity index is 2.58. The minimum absolute atomic E-state index is 0.309. The smallest absolute Gasteiger partial charge is 0.307 e. The Hall–Kier alpha value is -1.58. The maximum Gasteiger partial charge on any atom is 0.307 e. The fourth-order valence-corrected chi connectivity index (χ4v) is 2.30. The second-order valence-electron chi connectivity index (χ2n) is 5.02. The van der Waals surface area contributed by atoms with Crippen LogP contribution in [-0.2, 0) is 9.59 Å². The summed E-state index contributed by atoms with van der Waals surface area (Å²) in [5.41, 5.74) is 2.23. The molecule has 0 amide bonds. The Bertz CT molecular complexity index is 381. The quantitative estimate of drug-likeness (QED) is 0.713. The van der Waals surface area contributed by atoms with E-state index in [-0.39, 0.29) is 6.42 Å². The Morgan fingerprint density at radius 3 is 2.56 bits per heavy atom. The van der Waals surface area contributed by atoms with Gasteiger partial charge >= 0.3 is 11.9 Å². The molecule has 1 aliphatic carbocycles. The van der Waals surface area contributed by atoms with Gasteiger partial charge in [0.05, 0.1) is 12.3 Å². The zero-order chi connectivity index (χ0) is 13.7. The van der Waals surface area contributed by atoms with Crippen LogP contribution in [0.5, 0.6) is 0 Å². The number of allylic oxidation sites excluding steroid dienone is 3. The summed E-state index contributed by atoms with van der Waals surface area (Å²) in [4.78, 5) is 21.6. The van der Waals surface area contributed by atoms with Crippen molar-refractivity contribution in [2.24, 2.45) is 11.8 Å². The van der Waals surface area contributed by atoms with Crippen molar-refractivity contribution in [3.63, 3.8) is 0 Å². The predicted molar refractivity (Wildman–Crippen MR) is 68.2 cm³/mol. The lowest BCUT2D eigenvalue weighted by Gasteiger charge is -2.23. The molecule has 0 aromatic heterocycles. The number of carboxylic acids is 2. The molecule has 0 spiro atoms. The monoisotopic (exact) mass is 252 g/mol. The molecule has 2 atom stereocenters. The van der Waals surface area contributed by atoms with Gasteiger partial charge in [0.2, 0.25) is 0 Å². The van der Waals surface area contributed by atoms with Crippen molar-refractivity contribution in [2.45, 2.75) is 39.0 Å². The molecule has 18 heavy (non-hydrogen) atoms. The minimum Gasteiger partial charge on any atom is -0.481 e. The zero-order valence-corrected chi connectivity index (χ0v) is 10.7. The lowest BCUT2D eigenvalue weighted by Crippen LogP contribution is -2.19. The van der Waals surface area contributed by atoms with Gasteiger partial charge < -0.3 is 10.2 Å². The van der Waals surface area contributed by atoms with Gasteiger partial charge in [-0.25, -0.2) is 0 Å². The largest absolute Gasteiger partial charge is 0.481 e. The molecule has 0 bridgehead atoms. The SMILES string of the molecule is C=C(C)[C@@H]1CC=C(C[C@H](CC(=O)O)C(=O)O)CC1. The number of hydrogen-bond donors (Lipinski definition) is 2. The molecular formula is C14H20O4. The molecule has 0 unspecified atom stereocenters. The van der Waals surface area contributed by atoms with Gasteiger partial charge in [-0.2, -0.15) is 0 Å². The van der Waals surface area contributed by atoms with Crippen molar-refractivity contribution in [2.75, 3.05) is 0 Å². The summed E-state index contributed by atoms with van der Waals surface area (Å²) >= 11 is 0. The summed E-state index contributed by atoms with van der Waals surface area (Å²) in [5.74, 6) is -2.41. The van der Waals surface area contributed by atoms with Crippen molar-refractivity contribution in [3.05, 3.63) is 23.8 Å². The van der Waals surface area contributed by atoms with E-state index in [4.69, 9.17) is 10.2 Å². The molecule has 0 fully saturated rings. The molecule has 0 aromatic rings. The highest BCUT2D eigenvalue weighted by Gasteiger charge is 2.24. The molecule has 0 saturated carbocycles. The number of rotatable bonds is 6. The average molecular weight is 252 g/mol. The van der Waals surface area contributed by atoms with E-state index < -0.39 is 17.9 Å². The fourth-order valence-electron chi connectivity index (χ4n) is 2.30. The van der Waals surface area contributed by atoms with Crippen LogP contribution in [-0.4, -0.2) is 22.2 Å². The number of hydrogen-bond acceptors (Lipinski definition) is 2. The molecule has 4 heteroatoms. The number of carboxylic acid groups (broad SMARTS) is 2. The van der Waals surface area contributed by atoms with Gasteiger partial charge in [0.1, 0.15) is 0 Å². The second kappa shape index (κ2) is 6.38. The van der Waals surface area contributed by atoms with Gasteiger partial charge in [0.15, 0.2) is 0 Å². The predicted octanol–water partition coefficient (Wildman–Crippen LogP) is 2.85. The van der Waals surface area contributed by atoms with E-state index >= 15 is 0 Å². The van der Waals surface area contributed by atoms with E-state index in [1.807, 2.05) is 6.92 Å². The lowest BCUT2D eigenvalue weighted by atomic mass is 9.82.